The molecule has 7 aliphatic rings. The van der Waals surface area contributed by atoms with Gasteiger partial charge >= 0.3 is 12.1 Å². The highest BCUT2D eigenvalue weighted by Gasteiger charge is 2.48. The third-order valence-corrected chi connectivity index (χ3v) is 17.6. The number of anilines is 2. The number of nitrogens with one attached hydrogen (secondary N) is 1. The number of methoxy groups -OCH3 is 2. The molecule has 3 unspecified atom stereocenters. The summed E-state index contributed by atoms with van der Waals surface area (Å²) in [6.45, 7) is 14.4. The number of pyridine rings is 1. The minimum absolute atomic E-state index is 0.00948. The lowest BCUT2D eigenvalue weighted by Crippen LogP contribution is -2.57. The largest absolute Gasteiger partial charge is 0.480 e. The molecule has 6 fully saturated rings. The van der Waals surface area contributed by atoms with Gasteiger partial charge in [-0.2, -0.15) is 9.97 Å². The molecular weight excluding hydrogens is 1050 g/mol. The molecule has 5 aromatic rings. The number of aromatic nitrogens is 3. The van der Waals surface area contributed by atoms with Crippen LogP contribution in [0.5, 0.6) is 17.6 Å². The molecule has 1 saturated carbocycles. The van der Waals surface area contributed by atoms with Crippen molar-refractivity contribution >= 4 is 57.0 Å². The monoisotopic (exact) mass is 1120 g/mol. The van der Waals surface area contributed by atoms with Crippen molar-refractivity contribution in [3.8, 4) is 41.2 Å². The Morgan fingerprint density at radius 2 is 1.59 bits per heavy atom. The number of rotatable bonds is 15. The summed E-state index contributed by atoms with van der Waals surface area (Å²) >= 11 is 0. The fourth-order valence-corrected chi connectivity index (χ4v) is 13.2. The van der Waals surface area contributed by atoms with Crippen LogP contribution in [0.15, 0.2) is 42.5 Å². The molecule has 8 heterocycles. The van der Waals surface area contributed by atoms with Gasteiger partial charge in [-0.1, -0.05) is 12.0 Å². The normalized spacial score (nSPS) is 22.2. The Bertz CT molecular complexity index is 3390. The molecule has 1 N–H and O–H groups in total. The van der Waals surface area contributed by atoms with Crippen molar-refractivity contribution in [2.45, 2.75) is 102 Å². The first kappa shape index (κ1) is 55.1. The van der Waals surface area contributed by atoms with Gasteiger partial charge in [0.1, 0.15) is 45.6 Å². The first-order valence-electron chi connectivity index (χ1n) is 28.7. The molecule has 432 valence electrons. The highest BCUT2D eigenvalue weighted by molar-refractivity contribution is 6.06. The van der Waals surface area contributed by atoms with Gasteiger partial charge < -0.3 is 48.2 Å². The van der Waals surface area contributed by atoms with Gasteiger partial charge in [0.15, 0.2) is 12.6 Å². The van der Waals surface area contributed by atoms with Crippen molar-refractivity contribution in [2.75, 3.05) is 103 Å². The van der Waals surface area contributed by atoms with Crippen molar-refractivity contribution in [1.82, 2.24) is 39.9 Å². The summed E-state index contributed by atoms with van der Waals surface area (Å²) in [5, 5.41) is 3.36. The molecule has 3 aromatic carbocycles. The van der Waals surface area contributed by atoms with E-state index in [4.69, 9.17) is 45.1 Å². The molecule has 21 heteroatoms. The van der Waals surface area contributed by atoms with E-state index in [0.717, 1.165) is 102 Å². The van der Waals surface area contributed by atoms with E-state index >= 15 is 8.78 Å². The summed E-state index contributed by atoms with van der Waals surface area (Å²) in [6.07, 6.45) is 11.7. The molecule has 2 aromatic heterocycles. The molecule has 6 aliphatic heterocycles. The van der Waals surface area contributed by atoms with Crippen LogP contribution in [0.1, 0.15) is 93.6 Å². The molecule has 12 rings (SSSR count). The Balaban J connectivity index is 0.737. The van der Waals surface area contributed by atoms with Crippen LogP contribution in [-0.4, -0.2) is 175 Å². The Labute approximate surface area is 475 Å². The van der Waals surface area contributed by atoms with Crippen molar-refractivity contribution in [1.29, 1.82) is 0 Å². The lowest BCUT2D eigenvalue weighted by molar-refractivity contribution is -0.136. The third-order valence-electron chi connectivity index (χ3n) is 17.6. The second-order valence-electron chi connectivity index (χ2n) is 24.2. The molecule has 3 atom stereocenters. The Hall–Kier alpha value is -7.41. The number of hydrogen-bond acceptors (Lipinski definition) is 16. The van der Waals surface area contributed by atoms with Crippen LogP contribution >= 0.6 is 0 Å². The van der Waals surface area contributed by atoms with E-state index in [2.05, 4.69) is 32.0 Å². The maximum atomic E-state index is 17.9. The van der Waals surface area contributed by atoms with E-state index in [0.29, 0.717) is 61.1 Å². The number of terminal acetylenes is 1. The van der Waals surface area contributed by atoms with Crippen LogP contribution in [0.4, 0.5) is 25.1 Å². The van der Waals surface area contributed by atoms with Gasteiger partial charge in [-0.15, -0.1) is 6.42 Å². The maximum absolute atomic E-state index is 17.9. The van der Waals surface area contributed by atoms with Crippen LogP contribution in [0.25, 0.3) is 32.9 Å². The van der Waals surface area contributed by atoms with Gasteiger partial charge in [0.05, 0.1) is 31.4 Å². The number of halogens is 2. The number of carbonyl (C=O) groups excluding carboxylic acids is 4. The molecule has 1 aliphatic carbocycles. The fourth-order valence-electron chi connectivity index (χ4n) is 13.2. The molecule has 0 radical (unpaired) electrons. The predicted octanol–water partition coefficient (Wildman–Crippen LogP) is 7.14. The first-order chi connectivity index (χ1) is 39.5. The molecule has 82 heavy (non-hydrogen) atoms. The van der Waals surface area contributed by atoms with Crippen molar-refractivity contribution in [2.24, 2.45) is 11.3 Å². The van der Waals surface area contributed by atoms with Crippen molar-refractivity contribution < 1.29 is 51.6 Å². The number of piperazine rings is 2. The maximum Gasteiger partial charge on any atom is 0.410 e. The summed E-state index contributed by atoms with van der Waals surface area (Å²) in [6, 6.07) is 11.0. The highest BCUT2D eigenvalue weighted by atomic mass is 19.1. The summed E-state index contributed by atoms with van der Waals surface area (Å²) in [7, 11) is 2.92. The highest BCUT2D eigenvalue weighted by Crippen LogP contribution is 2.48. The van der Waals surface area contributed by atoms with E-state index in [1.165, 1.54) is 20.3 Å². The number of imide groups is 1. The van der Waals surface area contributed by atoms with E-state index in [-0.39, 0.29) is 93.6 Å². The average Bonchev–Trinajstić information content (AvgIpc) is 4.09. The van der Waals surface area contributed by atoms with Crippen LogP contribution in [0.2, 0.25) is 0 Å². The van der Waals surface area contributed by atoms with Gasteiger partial charge in [-0.25, -0.2) is 18.6 Å². The van der Waals surface area contributed by atoms with E-state index in [1.54, 1.807) is 23.1 Å². The molecule has 19 nitrogen and oxygen atoms in total. The number of hydrogen-bond donors (Lipinski definition) is 1. The summed E-state index contributed by atoms with van der Waals surface area (Å²) < 4.78 is 62.9. The van der Waals surface area contributed by atoms with Crippen molar-refractivity contribution in [3.63, 3.8) is 0 Å². The number of piperidine rings is 2. The van der Waals surface area contributed by atoms with E-state index < -0.39 is 29.2 Å². The zero-order valence-corrected chi connectivity index (χ0v) is 47.2. The second kappa shape index (κ2) is 22.1. The van der Waals surface area contributed by atoms with Gasteiger partial charge in [-0.3, -0.25) is 24.6 Å². The smallest absolute Gasteiger partial charge is 0.410 e. The van der Waals surface area contributed by atoms with Gasteiger partial charge in [-0.05, 0) is 119 Å². The number of ether oxygens (including phenoxy) is 5. The lowest BCUT2D eigenvalue weighted by atomic mass is 9.95. The standard InChI is InChI=1S/C61H70F2N10O9/c1-7-43-46(62)13-8-37-27-42(81-35-78-5)28-45(49(37)43)52-51(63)53-50(56(65-52)79-6)54(71-31-40-9-10-41(32-71)73(40)59(77)82-60(2,3)4)67-58(66-53)80-34-61(18-19-61)33-69-24-22-68(23-25-69)29-36-16-20-70(21-17-36)39-11-12-44-38(26-39)30-72(57(44)76)47-14-15-48(74)64-55(47)75/h1,8,11-13,26-28,36,40-41,47H,9-10,14-25,29-35H2,2-6H3,(H,64,74,75). The molecule has 0 spiro atoms. The average molecular weight is 1130 g/mol. The summed E-state index contributed by atoms with van der Waals surface area (Å²) in [5.41, 5.74) is 1.62. The van der Waals surface area contributed by atoms with Gasteiger partial charge in [0, 0.05) is 113 Å². The number of fused-ring (bicyclic) bond motifs is 5. The molecular formula is C61H70F2N10O9. The Kier molecular flexibility index (Phi) is 14.8. The molecule has 4 amide bonds. The van der Waals surface area contributed by atoms with Gasteiger partial charge in [0.25, 0.3) is 5.91 Å². The number of amides is 4. The number of carbonyl (C=O) groups is 4. The van der Waals surface area contributed by atoms with E-state index in [1.807, 2.05) is 42.7 Å². The zero-order chi connectivity index (χ0) is 57.2. The lowest BCUT2D eigenvalue weighted by Gasteiger charge is -2.42. The minimum Gasteiger partial charge on any atom is -0.480 e. The van der Waals surface area contributed by atoms with Gasteiger partial charge in [0.2, 0.25) is 17.7 Å². The first-order valence-corrected chi connectivity index (χ1v) is 28.7. The van der Waals surface area contributed by atoms with Crippen LogP contribution in [0.3, 0.4) is 0 Å². The SMILES string of the molecule is C#Cc1c(F)ccc2cc(OCOC)cc(-c3nc(OC)c4c(N5CC6CCC(C5)N6C(=O)OC(C)(C)C)nc(OCC5(CN6CCN(CC7CCN(c8ccc9c(c8)CN(C8CCC(=O)NC8=O)C9=O)CC7)CC6)CC5)nc4c3F)c12. The Morgan fingerprint density at radius 3 is 2.27 bits per heavy atom. The molecule has 2 bridgehead atoms. The number of nitrogens with zero attached hydrogens (tertiary/aromatic N) is 9. The molecule has 5 saturated heterocycles. The Morgan fingerprint density at radius 1 is 0.841 bits per heavy atom. The third kappa shape index (κ3) is 10.8. The fraction of sp³-hybridized carbons (Fsp3) is 0.525. The van der Waals surface area contributed by atoms with E-state index in [9.17, 15) is 19.2 Å². The van der Waals surface area contributed by atoms with Crippen LogP contribution < -0.4 is 29.3 Å². The summed E-state index contributed by atoms with van der Waals surface area (Å²) in [5.74, 6) is 1.41. The minimum atomic E-state index is -0.818. The second-order valence-corrected chi connectivity index (χ2v) is 24.2. The zero-order valence-electron chi connectivity index (χ0n) is 47.2. The van der Waals surface area contributed by atoms with Crippen LogP contribution in [0, 0.1) is 35.3 Å². The predicted molar refractivity (Wildman–Crippen MR) is 302 cm³/mol. The quantitative estimate of drug-likeness (QED) is 0.0633. The summed E-state index contributed by atoms with van der Waals surface area (Å²) in [4.78, 5) is 78.8. The topological polar surface area (TPSA) is 185 Å². The van der Waals surface area contributed by atoms with Crippen molar-refractivity contribution in [3.05, 3.63) is 70.8 Å². The number of benzene rings is 3. The van der Waals surface area contributed by atoms with Crippen LogP contribution in [-0.2, 0) is 25.6 Å².